The third-order valence-electron chi connectivity index (χ3n) is 4.78. The van der Waals surface area contributed by atoms with Gasteiger partial charge in [-0.15, -0.1) is 0 Å². The van der Waals surface area contributed by atoms with Crippen molar-refractivity contribution in [2.24, 2.45) is 11.8 Å². The van der Waals surface area contributed by atoms with E-state index in [-0.39, 0.29) is 11.7 Å². The Balaban J connectivity index is 1.94. The van der Waals surface area contributed by atoms with Crippen LogP contribution in [0.3, 0.4) is 0 Å². The zero-order valence-corrected chi connectivity index (χ0v) is 13.9. The summed E-state index contributed by atoms with van der Waals surface area (Å²) in [7, 11) is -3.47. The predicted molar refractivity (Wildman–Crippen MR) is 82.4 cm³/mol. The minimum absolute atomic E-state index is 0.241. The molecule has 0 aliphatic carbocycles. The van der Waals surface area contributed by atoms with E-state index in [1.165, 1.54) is 4.31 Å². The number of likely N-dealkylation sites (tertiary alicyclic amines) is 1. The van der Waals surface area contributed by atoms with Crippen LogP contribution in [-0.2, 0) is 14.8 Å². The number of hydrogen-bond donors (Lipinski definition) is 1. The second-order valence-corrected chi connectivity index (χ2v) is 7.95. The normalized spacial score (nSPS) is 26.7. The van der Waals surface area contributed by atoms with Crippen LogP contribution in [0.5, 0.6) is 0 Å². The van der Waals surface area contributed by atoms with Gasteiger partial charge < -0.3 is 10.2 Å². The molecule has 0 saturated carbocycles. The number of carbonyl (C=O) groups excluding carboxylic acids is 1. The maximum Gasteiger partial charge on any atom is 0.239 e. The third-order valence-corrected chi connectivity index (χ3v) is 6.69. The quantitative estimate of drug-likeness (QED) is 0.782. The molecule has 2 rings (SSSR count). The van der Waals surface area contributed by atoms with Gasteiger partial charge in [-0.25, -0.2) is 12.7 Å². The van der Waals surface area contributed by atoms with E-state index in [0.717, 1.165) is 25.9 Å². The van der Waals surface area contributed by atoms with Crippen LogP contribution in [0.25, 0.3) is 0 Å². The zero-order valence-electron chi connectivity index (χ0n) is 13.0. The zero-order chi connectivity index (χ0) is 15.5. The van der Waals surface area contributed by atoms with Crippen molar-refractivity contribution in [2.75, 3.05) is 45.0 Å². The number of rotatable bonds is 5. The molecule has 0 aromatic carbocycles. The highest BCUT2D eigenvalue weighted by atomic mass is 32.2. The molecule has 2 fully saturated rings. The standard InChI is InChI=1S/C14H27N3O3S/c1-3-17(4-2)21(19,20)11-14(18)16-7-5-12-9-15-10-13(12)6-8-16/h12-13,15H,3-11H2,1-2H3/t12-,13+. The van der Waals surface area contributed by atoms with Crippen molar-refractivity contribution in [1.82, 2.24) is 14.5 Å². The molecule has 2 atom stereocenters. The molecule has 2 heterocycles. The number of nitrogens with one attached hydrogen (secondary N) is 1. The summed E-state index contributed by atoms with van der Waals surface area (Å²) in [5.41, 5.74) is 0. The average molecular weight is 317 g/mol. The SMILES string of the molecule is CCN(CC)S(=O)(=O)CC(=O)N1CC[C@@H]2CNC[C@@H]2CC1. The van der Waals surface area contributed by atoms with Gasteiger partial charge in [0.1, 0.15) is 5.75 Å². The largest absolute Gasteiger partial charge is 0.342 e. The molecule has 122 valence electrons. The fraction of sp³-hybridized carbons (Fsp3) is 0.929. The van der Waals surface area contributed by atoms with Crippen molar-refractivity contribution in [3.63, 3.8) is 0 Å². The summed E-state index contributed by atoms with van der Waals surface area (Å²) in [5.74, 6) is 0.654. The van der Waals surface area contributed by atoms with Gasteiger partial charge in [-0.3, -0.25) is 4.79 Å². The molecular weight excluding hydrogens is 290 g/mol. The monoisotopic (exact) mass is 317 g/mol. The minimum atomic E-state index is -3.47. The van der Waals surface area contributed by atoms with Crippen molar-refractivity contribution in [3.8, 4) is 0 Å². The molecule has 2 saturated heterocycles. The Bertz CT molecular complexity index is 448. The summed E-state index contributed by atoms with van der Waals surface area (Å²) >= 11 is 0. The molecule has 2 aliphatic rings. The van der Waals surface area contributed by atoms with Gasteiger partial charge in [-0.1, -0.05) is 13.8 Å². The van der Waals surface area contributed by atoms with E-state index in [4.69, 9.17) is 0 Å². The number of nitrogens with zero attached hydrogens (tertiary/aromatic N) is 2. The van der Waals surface area contributed by atoms with Gasteiger partial charge in [-0.05, 0) is 37.8 Å². The van der Waals surface area contributed by atoms with Gasteiger partial charge in [0.25, 0.3) is 0 Å². The number of amides is 1. The molecule has 6 nitrogen and oxygen atoms in total. The number of fused-ring (bicyclic) bond motifs is 1. The van der Waals surface area contributed by atoms with Gasteiger partial charge in [0.2, 0.25) is 15.9 Å². The third kappa shape index (κ3) is 3.96. The lowest BCUT2D eigenvalue weighted by molar-refractivity contribution is -0.128. The van der Waals surface area contributed by atoms with Gasteiger partial charge in [0.15, 0.2) is 0 Å². The van der Waals surface area contributed by atoms with Gasteiger partial charge in [0, 0.05) is 26.2 Å². The molecule has 0 bridgehead atoms. The highest BCUT2D eigenvalue weighted by molar-refractivity contribution is 7.89. The van der Waals surface area contributed by atoms with Crippen LogP contribution < -0.4 is 5.32 Å². The molecule has 1 N–H and O–H groups in total. The van der Waals surface area contributed by atoms with Crippen molar-refractivity contribution in [2.45, 2.75) is 26.7 Å². The summed E-state index contributed by atoms with van der Waals surface area (Å²) < 4.78 is 25.8. The Hall–Kier alpha value is -0.660. The second-order valence-electron chi connectivity index (χ2n) is 5.98. The van der Waals surface area contributed by atoms with Crippen LogP contribution in [0.1, 0.15) is 26.7 Å². The fourth-order valence-corrected chi connectivity index (χ4v) is 4.89. The lowest BCUT2D eigenvalue weighted by Gasteiger charge is -2.23. The Morgan fingerprint density at radius 3 is 2.14 bits per heavy atom. The van der Waals surface area contributed by atoms with Crippen molar-refractivity contribution < 1.29 is 13.2 Å². The molecule has 0 aromatic rings. The van der Waals surface area contributed by atoms with Crippen molar-refractivity contribution in [3.05, 3.63) is 0 Å². The first-order valence-electron chi connectivity index (χ1n) is 7.94. The van der Waals surface area contributed by atoms with E-state index in [1.807, 2.05) is 0 Å². The van der Waals surface area contributed by atoms with E-state index in [1.54, 1.807) is 18.7 Å². The number of hydrogen-bond acceptors (Lipinski definition) is 4. The Morgan fingerprint density at radius 1 is 1.14 bits per heavy atom. The van der Waals surface area contributed by atoms with Gasteiger partial charge >= 0.3 is 0 Å². The van der Waals surface area contributed by atoms with E-state index >= 15 is 0 Å². The summed E-state index contributed by atoms with van der Waals surface area (Å²) in [6.45, 7) is 7.88. The first-order chi connectivity index (χ1) is 9.97. The molecule has 1 amide bonds. The van der Waals surface area contributed by atoms with E-state index in [0.29, 0.717) is 38.0 Å². The summed E-state index contributed by atoms with van der Waals surface area (Å²) in [5, 5.41) is 3.40. The highest BCUT2D eigenvalue weighted by Gasteiger charge is 2.33. The molecule has 2 aliphatic heterocycles. The molecular formula is C14H27N3O3S. The average Bonchev–Trinajstić information content (AvgIpc) is 2.77. The van der Waals surface area contributed by atoms with E-state index in [2.05, 4.69) is 5.32 Å². The first kappa shape index (κ1) is 16.7. The minimum Gasteiger partial charge on any atom is -0.342 e. The Labute approximate surface area is 127 Å². The molecule has 0 spiro atoms. The first-order valence-corrected chi connectivity index (χ1v) is 9.55. The molecule has 0 unspecified atom stereocenters. The van der Waals surface area contributed by atoms with Crippen LogP contribution in [0.2, 0.25) is 0 Å². The van der Waals surface area contributed by atoms with Crippen molar-refractivity contribution >= 4 is 15.9 Å². The molecule has 21 heavy (non-hydrogen) atoms. The predicted octanol–water partition coefficient (Wildman–Crippen LogP) is 0.116. The summed E-state index contributed by atoms with van der Waals surface area (Å²) in [6.07, 6.45) is 1.96. The fourth-order valence-electron chi connectivity index (χ4n) is 3.42. The van der Waals surface area contributed by atoms with Crippen LogP contribution in [0.4, 0.5) is 0 Å². The Kier molecular flexibility index (Phi) is 5.62. The van der Waals surface area contributed by atoms with Crippen LogP contribution in [0, 0.1) is 11.8 Å². The lowest BCUT2D eigenvalue weighted by Crippen LogP contribution is -2.42. The molecule has 7 heteroatoms. The second kappa shape index (κ2) is 7.07. The van der Waals surface area contributed by atoms with Crippen LogP contribution >= 0.6 is 0 Å². The molecule has 0 radical (unpaired) electrons. The van der Waals surface area contributed by atoms with E-state index in [9.17, 15) is 13.2 Å². The Morgan fingerprint density at radius 2 is 1.67 bits per heavy atom. The van der Waals surface area contributed by atoms with E-state index < -0.39 is 10.0 Å². The van der Waals surface area contributed by atoms with Crippen LogP contribution in [-0.4, -0.2) is 68.6 Å². The van der Waals surface area contributed by atoms with Gasteiger partial charge in [-0.2, -0.15) is 0 Å². The number of carbonyl (C=O) groups is 1. The summed E-state index contributed by atoms with van der Waals surface area (Å²) in [4.78, 5) is 14.1. The highest BCUT2D eigenvalue weighted by Crippen LogP contribution is 2.27. The molecule has 0 aromatic heterocycles. The van der Waals surface area contributed by atoms with Gasteiger partial charge in [0.05, 0.1) is 0 Å². The lowest BCUT2D eigenvalue weighted by atomic mass is 9.92. The maximum atomic E-state index is 12.3. The topological polar surface area (TPSA) is 69.7 Å². The smallest absolute Gasteiger partial charge is 0.239 e. The number of sulfonamides is 1. The summed E-state index contributed by atoms with van der Waals surface area (Å²) in [6, 6.07) is 0. The van der Waals surface area contributed by atoms with Crippen LogP contribution in [0.15, 0.2) is 0 Å². The maximum absolute atomic E-state index is 12.3. The van der Waals surface area contributed by atoms with Crippen molar-refractivity contribution in [1.29, 1.82) is 0 Å².